The predicted molar refractivity (Wildman–Crippen MR) is 137 cm³/mol. The van der Waals surface area contributed by atoms with Crippen LogP contribution in [0.1, 0.15) is 89.3 Å². The molecule has 32 heavy (non-hydrogen) atoms. The van der Waals surface area contributed by atoms with E-state index in [1.54, 1.807) is 12.1 Å². The predicted octanol–water partition coefficient (Wildman–Crippen LogP) is 7.71. The summed E-state index contributed by atoms with van der Waals surface area (Å²) in [4.78, 5) is 0.268. The normalized spacial score (nSPS) is 12.8. The fourth-order valence-electron chi connectivity index (χ4n) is 3.74. The minimum absolute atomic E-state index is 0.268. The molecule has 3 nitrogen and oxygen atoms in total. The highest BCUT2D eigenvalue weighted by molar-refractivity contribution is 7.90. The average Bonchev–Trinajstić information content (AvgIpc) is 2.72. The Morgan fingerprint density at radius 3 is 1.97 bits per heavy atom. The molecule has 0 N–H and O–H groups in total. The molecule has 4 heteroatoms. The van der Waals surface area contributed by atoms with Crippen molar-refractivity contribution >= 4 is 15.7 Å². The van der Waals surface area contributed by atoms with E-state index in [1.807, 2.05) is 19.1 Å². The summed E-state index contributed by atoms with van der Waals surface area (Å²) >= 11 is 0. The van der Waals surface area contributed by atoms with E-state index in [0.717, 1.165) is 42.5 Å². The first-order chi connectivity index (χ1) is 15.1. The van der Waals surface area contributed by atoms with Crippen LogP contribution in [-0.4, -0.2) is 14.1 Å². The molecular weight excluding hydrogens is 414 g/mol. The van der Waals surface area contributed by atoms with Crippen LogP contribution < -0.4 is 0 Å². The largest absolute Gasteiger partial charge is 0.282 e. The van der Waals surface area contributed by atoms with Gasteiger partial charge in [0.2, 0.25) is 0 Å². The van der Waals surface area contributed by atoms with E-state index in [4.69, 9.17) is 0 Å². The zero-order valence-corrected chi connectivity index (χ0v) is 21.5. The molecule has 0 fully saturated rings. The molecular formula is C28H41NO2S. The first-order valence-corrected chi connectivity index (χ1v) is 13.5. The van der Waals surface area contributed by atoms with E-state index in [9.17, 15) is 8.42 Å². The molecule has 2 aromatic carbocycles. The van der Waals surface area contributed by atoms with Crippen molar-refractivity contribution in [2.45, 2.75) is 97.3 Å². The molecule has 0 aliphatic rings. The van der Waals surface area contributed by atoms with Gasteiger partial charge in [-0.05, 0) is 61.3 Å². The summed E-state index contributed by atoms with van der Waals surface area (Å²) in [5.41, 5.74) is 4.59. The Bertz CT molecular complexity index is 950. The second kappa shape index (κ2) is 12.3. The van der Waals surface area contributed by atoms with Crippen LogP contribution in [0.25, 0.3) is 0 Å². The first kappa shape index (κ1) is 26.3. The lowest BCUT2D eigenvalue weighted by atomic mass is 9.89. The van der Waals surface area contributed by atoms with Crippen molar-refractivity contribution < 1.29 is 8.42 Å². The lowest BCUT2D eigenvalue weighted by Crippen LogP contribution is -2.09. The molecule has 0 atom stereocenters. The SMILES string of the molecule is CCc1ccc(CC(CCCCCCCC(C)(C)C)=NS(=O)(=O)c2ccc(C)cc2)cc1. The molecule has 2 rings (SSSR count). The molecule has 0 bridgehead atoms. The zero-order chi connectivity index (χ0) is 23.6. The van der Waals surface area contributed by atoms with E-state index in [1.165, 1.54) is 31.2 Å². The van der Waals surface area contributed by atoms with Gasteiger partial charge in [0, 0.05) is 12.1 Å². The Hall–Kier alpha value is -1.94. The van der Waals surface area contributed by atoms with Gasteiger partial charge in [-0.3, -0.25) is 0 Å². The van der Waals surface area contributed by atoms with E-state index in [2.05, 4.69) is 56.4 Å². The molecule has 0 spiro atoms. The molecule has 0 saturated heterocycles. The number of sulfonamides is 1. The van der Waals surface area contributed by atoms with E-state index in [-0.39, 0.29) is 4.90 Å². The van der Waals surface area contributed by atoms with Crippen molar-refractivity contribution in [1.29, 1.82) is 0 Å². The number of aryl methyl sites for hydroxylation is 2. The summed E-state index contributed by atoms with van der Waals surface area (Å²) < 4.78 is 30.2. The smallest absolute Gasteiger partial charge is 0.199 e. The fourth-order valence-corrected chi connectivity index (χ4v) is 4.82. The van der Waals surface area contributed by atoms with Crippen molar-refractivity contribution in [2.24, 2.45) is 9.81 Å². The Kier molecular flexibility index (Phi) is 10.1. The zero-order valence-electron chi connectivity index (χ0n) is 20.7. The molecule has 0 aliphatic carbocycles. The minimum Gasteiger partial charge on any atom is -0.199 e. The highest BCUT2D eigenvalue weighted by Gasteiger charge is 2.15. The van der Waals surface area contributed by atoms with Crippen molar-refractivity contribution in [1.82, 2.24) is 0 Å². The third-order valence-corrected chi connectivity index (χ3v) is 7.17. The van der Waals surface area contributed by atoms with Gasteiger partial charge in [0.25, 0.3) is 10.0 Å². The molecule has 0 heterocycles. The molecule has 2 aromatic rings. The fraction of sp³-hybridized carbons (Fsp3) is 0.536. The third kappa shape index (κ3) is 9.68. The van der Waals surface area contributed by atoms with Crippen LogP contribution in [0.2, 0.25) is 0 Å². The lowest BCUT2D eigenvalue weighted by molar-refractivity contribution is 0.357. The highest BCUT2D eigenvalue weighted by atomic mass is 32.2. The summed E-state index contributed by atoms with van der Waals surface area (Å²) in [6.07, 6.45) is 9.34. The molecule has 0 aliphatic heterocycles. The second-order valence-electron chi connectivity index (χ2n) is 10.1. The van der Waals surface area contributed by atoms with Crippen LogP contribution in [0.3, 0.4) is 0 Å². The second-order valence-corrected chi connectivity index (χ2v) is 11.7. The summed E-state index contributed by atoms with van der Waals surface area (Å²) in [5, 5.41) is 0. The van der Waals surface area contributed by atoms with Crippen LogP contribution in [-0.2, 0) is 22.9 Å². The standard InChI is InChI=1S/C28H41NO2S/c1-6-24-15-17-25(18-16-24)22-26(12-10-8-7-9-11-21-28(3,4)5)29-32(30,31)27-19-13-23(2)14-20-27/h13-20H,6-12,21-22H2,1-5H3. The maximum absolute atomic E-state index is 12.9. The number of unbranched alkanes of at least 4 members (excludes halogenated alkanes) is 4. The summed E-state index contributed by atoms with van der Waals surface area (Å²) in [5.74, 6) is 0. The molecule has 176 valence electrons. The number of hydrogen-bond acceptors (Lipinski definition) is 2. The summed E-state index contributed by atoms with van der Waals surface area (Å²) in [6.45, 7) is 11.0. The third-order valence-electron chi connectivity index (χ3n) is 5.80. The van der Waals surface area contributed by atoms with Gasteiger partial charge < -0.3 is 0 Å². The van der Waals surface area contributed by atoms with Gasteiger partial charge in [0.1, 0.15) is 0 Å². The van der Waals surface area contributed by atoms with Gasteiger partial charge in [-0.1, -0.05) is 95.3 Å². The van der Waals surface area contributed by atoms with Gasteiger partial charge in [-0.15, -0.1) is 0 Å². The van der Waals surface area contributed by atoms with Gasteiger partial charge in [0.05, 0.1) is 4.90 Å². The van der Waals surface area contributed by atoms with E-state index < -0.39 is 10.0 Å². The average molecular weight is 456 g/mol. The molecule has 0 saturated carbocycles. The lowest BCUT2D eigenvalue weighted by Gasteiger charge is -2.17. The Labute approximate surface area is 196 Å². The van der Waals surface area contributed by atoms with Crippen molar-refractivity contribution in [3.8, 4) is 0 Å². The van der Waals surface area contributed by atoms with Gasteiger partial charge in [-0.25, -0.2) is 0 Å². The summed E-state index contributed by atoms with van der Waals surface area (Å²) in [6, 6.07) is 15.4. The van der Waals surface area contributed by atoms with Crippen molar-refractivity contribution in [3.63, 3.8) is 0 Å². The Balaban J connectivity index is 2.05. The van der Waals surface area contributed by atoms with Crippen LogP contribution in [0.15, 0.2) is 57.8 Å². The Morgan fingerprint density at radius 1 is 0.812 bits per heavy atom. The topological polar surface area (TPSA) is 46.5 Å². The number of hydrogen-bond donors (Lipinski definition) is 0. The van der Waals surface area contributed by atoms with Crippen LogP contribution in [0.5, 0.6) is 0 Å². The van der Waals surface area contributed by atoms with Crippen LogP contribution in [0, 0.1) is 12.3 Å². The number of rotatable bonds is 12. The van der Waals surface area contributed by atoms with Gasteiger partial charge >= 0.3 is 0 Å². The van der Waals surface area contributed by atoms with Crippen molar-refractivity contribution in [2.75, 3.05) is 0 Å². The summed E-state index contributed by atoms with van der Waals surface area (Å²) in [7, 11) is -3.69. The molecule has 0 radical (unpaired) electrons. The maximum atomic E-state index is 12.9. The quantitative estimate of drug-likeness (QED) is 0.243. The first-order valence-electron chi connectivity index (χ1n) is 12.1. The minimum atomic E-state index is -3.69. The van der Waals surface area contributed by atoms with Gasteiger partial charge in [-0.2, -0.15) is 12.8 Å². The van der Waals surface area contributed by atoms with Crippen LogP contribution in [0.4, 0.5) is 0 Å². The monoisotopic (exact) mass is 455 g/mol. The molecule has 0 aromatic heterocycles. The number of benzene rings is 2. The van der Waals surface area contributed by atoms with E-state index in [0.29, 0.717) is 11.8 Å². The molecule has 0 amide bonds. The van der Waals surface area contributed by atoms with E-state index >= 15 is 0 Å². The Morgan fingerprint density at radius 2 is 1.38 bits per heavy atom. The maximum Gasteiger partial charge on any atom is 0.282 e. The molecule has 0 unspecified atom stereocenters. The van der Waals surface area contributed by atoms with Gasteiger partial charge in [0.15, 0.2) is 0 Å². The van der Waals surface area contributed by atoms with Crippen LogP contribution >= 0.6 is 0 Å². The highest BCUT2D eigenvalue weighted by Crippen LogP contribution is 2.23. The van der Waals surface area contributed by atoms with Crippen molar-refractivity contribution in [3.05, 3.63) is 65.2 Å². The number of nitrogens with zero attached hydrogens (tertiary/aromatic N) is 1.